The number of nitrogens with zero attached hydrogens (tertiary/aromatic N) is 1. The number of nitro groups is 1. The van der Waals surface area contributed by atoms with Gasteiger partial charge in [0.1, 0.15) is 0 Å². The molecule has 0 heterocycles. The number of hydrogen-bond acceptors (Lipinski definition) is 6. The number of aliphatic hydroxyl groups is 2. The molecule has 0 bridgehead atoms. The highest BCUT2D eigenvalue weighted by atomic mass is 32.2. The minimum absolute atomic E-state index is 0.00800. The van der Waals surface area contributed by atoms with Gasteiger partial charge in [0.2, 0.25) is 10.0 Å². The molecule has 0 amide bonds. The molecule has 1 aromatic rings. The van der Waals surface area contributed by atoms with E-state index in [9.17, 15) is 23.6 Å². The van der Waals surface area contributed by atoms with Crippen LogP contribution in [0, 0.1) is 17.0 Å². The summed E-state index contributed by atoms with van der Waals surface area (Å²) in [5.41, 5.74) is -1.91. The van der Waals surface area contributed by atoms with Gasteiger partial charge in [0.25, 0.3) is 5.69 Å². The highest BCUT2D eigenvalue weighted by Gasteiger charge is 2.26. The van der Waals surface area contributed by atoms with Crippen LogP contribution in [-0.4, -0.2) is 42.3 Å². The molecule has 0 aromatic heterocycles. The van der Waals surface area contributed by atoms with Crippen molar-refractivity contribution in [1.29, 1.82) is 0 Å². The first-order valence-electron chi connectivity index (χ1n) is 5.67. The maximum Gasteiger partial charge on any atom is 0.273 e. The number of nitro benzene ring substituents is 1. The van der Waals surface area contributed by atoms with E-state index in [-0.39, 0.29) is 16.1 Å². The Morgan fingerprint density at radius 2 is 2.05 bits per heavy atom. The molecule has 1 unspecified atom stereocenters. The van der Waals surface area contributed by atoms with Crippen molar-refractivity contribution in [1.82, 2.24) is 4.72 Å². The van der Waals surface area contributed by atoms with E-state index in [0.29, 0.717) is 0 Å². The SMILES string of the molecule is Cc1c([N+](=O)[O-])cccc1S(=O)(=O)NCC(C)(O)CO. The van der Waals surface area contributed by atoms with Gasteiger partial charge >= 0.3 is 0 Å². The molecule has 1 aromatic carbocycles. The second-order valence-corrected chi connectivity index (χ2v) is 6.37. The molecule has 1 atom stereocenters. The van der Waals surface area contributed by atoms with Crippen molar-refractivity contribution in [2.75, 3.05) is 13.2 Å². The fraction of sp³-hybridized carbons (Fsp3) is 0.455. The van der Waals surface area contributed by atoms with E-state index in [1.165, 1.54) is 32.0 Å². The lowest BCUT2D eigenvalue weighted by Crippen LogP contribution is -2.43. The van der Waals surface area contributed by atoms with Crippen LogP contribution in [0.25, 0.3) is 0 Å². The number of rotatable bonds is 6. The van der Waals surface area contributed by atoms with Crippen LogP contribution in [0.3, 0.4) is 0 Å². The Bertz CT molecular complexity index is 611. The molecule has 9 heteroatoms. The molecule has 8 nitrogen and oxygen atoms in total. The maximum atomic E-state index is 12.1. The monoisotopic (exact) mass is 304 g/mol. The quantitative estimate of drug-likeness (QED) is 0.498. The normalized spacial score (nSPS) is 14.8. The lowest BCUT2D eigenvalue weighted by molar-refractivity contribution is -0.385. The highest BCUT2D eigenvalue weighted by molar-refractivity contribution is 7.89. The molecule has 1 rings (SSSR count). The predicted molar refractivity (Wildman–Crippen MR) is 70.7 cm³/mol. The van der Waals surface area contributed by atoms with Gasteiger partial charge in [-0.25, -0.2) is 13.1 Å². The molecule has 0 saturated heterocycles. The molecule has 0 fully saturated rings. The van der Waals surface area contributed by atoms with Crippen molar-refractivity contribution in [2.24, 2.45) is 0 Å². The van der Waals surface area contributed by atoms with Gasteiger partial charge in [-0.2, -0.15) is 0 Å². The summed E-state index contributed by atoms with van der Waals surface area (Å²) in [4.78, 5) is 9.88. The first-order valence-corrected chi connectivity index (χ1v) is 7.16. The third-order valence-corrected chi connectivity index (χ3v) is 4.27. The predicted octanol–water partition coefficient (Wildman–Crippen LogP) is -0.0752. The maximum absolute atomic E-state index is 12.1. The van der Waals surface area contributed by atoms with Crippen LogP contribution < -0.4 is 4.72 Å². The standard InChI is InChI=1S/C11H16N2O6S/c1-8-9(13(16)17)4-3-5-10(8)20(18,19)12-6-11(2,15)7-14/h3-5,12,14-15H,6-7H2,1-2H3. The Hall–Kier alpha value is -1.55. The summed E-state index contributed by atoms with van der Waals surface area (Å²) in [6.07, 6.45) is 0. The molecule has 0 spiro atoms. The van der Waals surface area contributed by atoms with E-state index < -0.39 is 33.7 Å². The number of hydrogen-bond donors (Lipinski definition) is 3. The minimum Gasteiger partial charge on any atom is -0.393 e. The van der Waals surface area contributed by atoms with Gasteiger partial charge in [0, 0.05) is 18.2 Å². The molecular formula is C11H16N2O6S. The van der Waals surface area contributed by atoms with Gasteiger partial charge in [-0.15, -0.1) is 0 Å². The fourth-order valence-electron chi connectivity index (χ4n) is 1.48. The molecular weight excluding hydrogens is 288 g/mol. The number of aliphatic hydroxyl groups excluding tert-OH is 1. The highest BCUT2D eigenvalue weighted by Crippen LogP contribution is 2.24. The molecule has 20 heavy (non-hydrogen) atoms. The van der Waals surface area contributed by atoms with Crippen LogP contribution in [0.2, 0.25) is 0 Å². The van der Waals surface area contributed by atoms with Crippen LogP contribution in [-0.2, 0) is 10.0 Å². The molecule has 3 N–H and O–H groups in total. The molecule has 0 saturated carbocycles. The van der Waals surface area contributed by atoms with Crippen LogP contribution in [0.1, 0.15) is 12.5 Å². The van der Waals surface area contributed by atoms with Crippen LogP contribution in [0.15, 0.2) is 23.1 Å². The summed E-state index contributed by atoms with van der Waals surface area (Å²) in [5.74, 6) is 0. The van der Waals surface area contributed by atoms with Crippen LogP contribution >= 0.6 is 0 Å². The first kappa shape index (κ1) is 16.5. The molecule has 0 aliphatic carbocycles. The third-order valence-electron chi connectivity index (χ3n) is 2.73. The van der Waals surface area contributed by atoms with E-state index in [1.54, 1.807) is 0 Å². The van der Waals surface area contributed by atoms with Crippen molar-refractivity contribution in [3.8, 4) is 0 Å². The topological polar surface area (TPSA) is 130 Å². The summed E-state index contributed by atoms with van der Waals surface area (Å²) in [5, 5.41) is 29.2. The lowest BCUT2D eigenvalue weighted by atomic mass is 10.1. The zero-order valence-electron chi connectivity index (χ0n) is 11.0. The molecule has 112 valence electrons. The second kappa shape index (κ2) is 5.83. The van der Waals surface area contributed by atoms with Crippen LogP contribution in [0.5, 0.6) is 0 Å². The van der Waals surface area contributed by atoms with Gasteiger partial charge in [-0.3, -0.25) is 10.1 Å². The minimum atomic E-state index is -4.02. The largest absolute Gasteiger partial charge is 0.393 e. The summed E-state index contributed by atoms with van der Waals surface area (Å²) in [6.45, 7) is 1.56. The third kappa shape index (κ3) is 3.73. The summed E-state index contributed by atoms with van der Waals surface area (Å²) < 4.78 is 26.2. The van der Waals surface area contributed by atoms with E-state index in [0.717, 1.165) is 0 Å². The Balaban J connectivity index is 3.11. The van der Waals surface area contributed by atoms with E-state index in [4.69, 9.17) is 5.11 Å². The van der Waals surface area contributed by atoms with Crippen molar-refractivity contribution in [3.05, 3.63) is 33.9 Å². The van der Waals surface area contributed by atoms with Gasteiger partial charge in [-0.05, 0) is 19.9 Å². The van der Waals surface area contributed by atoms with Gasteiger partial charge in [-0.1, -0.05) is 6.07 Å². The van der Waals surface area contributed by atoms with E-state index >= 15 is 0 Å². The lowest BCUT2D eigenvalue weighted by Gasteiger charge is -2.20. The number of sulfonamides is 1. The number of benzene rings is 1. The average molecular weight is 304 g/mol. The Labute approximate surface area is 116 Å². The van der Waals surface area contributed by atoms with Gasteiger partial charge in [0.05, 0.1) is 22.0 Å². The van der Waals surface area contributed by atoms with Gasteiger partial charge < -0.3 is 10.2 Å². The van der Waals surface area contributed by atoms with Crippen molar-refractivity contribution < 1.29 is 23.6 Å². The molecule has 0 aliphatic rings. The Morgan fingerprint density at radius 1 is 1.45 bits per heavy atom. The first-order chi connectivity index (χ1) is 9.10. The zero-order valence-corrected chi connectivity index (χ0v) is 11.8. The zero-order chi connectivity index (χ0) is 15.6. The number of nitrogens with one attached hydrogen (secondary N) is 1. The smallest absolute Gasteiger partial charge is 0.273 e. The van der Waals surface area contributed by atoms with E-state index in [1.807, 2.05) is 0 Å². The van der Waals surface area contributed by atoms with Crippen molar-refractivity contribution in [3.63, 3.8) is 0 Å². The summed E-state index contributed by atoms with van der Waals surface area (Å²) in [7, 11) is -4.02. The fourth-order valence-corrected chi connectivity index (χ4v) is 2.90. The van der Waals surface area contributed by atoms with Gasteiger partial charge in [0.15, 0.2) is 0 Å². The average Bonchev–Trinajstić information content (AvgIpc) is 2.36. The van der Waals surface area contributed by atoms with E-state index in [2.05, 4.69) is 4.72 Å². The molecule has 0 aliphatic heterocycles. The Morgan fingerprint density at radius 3 is 2.55 bits per heavy atom. The van der Waals surface area contributed by atoms with Crippen LogP contribution in [0.4, 0.5) is 5.69 Å². The van der Waals surface area contributed by atoms with Crippen molar-refractivity contribution in [2.45, 2.75) is 24.3 Å². The molecule has 0 radical (unpaired) electrons. The summed E-state index contributed by atoms with van der Waals surface area (Å²) >= 11 is 0. The second-order valence-electron chi connectivity index (χ2n) is 4.64. The van der Waals surface area contributed by atoms with Crippen molar-refractivity contribution >= 4 is 15.7 Å². The summed E-state index contributed by atoms with van der Waals surface area (Å²) in [6, 6.07) is 3.71. The Kier molecular flexibility index (Phi) is 4.81.